The van der Waals surface area contributed by atoms with Gasteiger partial charge in [0.1, 0.15) is 0 Å². The highest BCUT2D eigenvalue weighted by atomic mass is 32.2. The molecular weight excluding hydrogens is 302 g/mol. The predicted octanol–water partition coefficient (Wildman–Crippen LogP) is 3.43. The third-order valence-corrected chi connectivity index (χ3v) is 6.78. The number of rotatable bonds is 3. The second-order valence-corrected chi connectivity index (χ2v) is 8.14. The zero-order valence-electron chi connectivity index (χ0n) is 11.8. The maximum Gasteiger partial charge on any atom is 0.244 e. The Morgan fingerprint density at radius 2 is 1.86 bits per heavy atom. The molecule has 0 N–H and O–H groups in total. The molecule has 1 fully saturated rings. The average molecular weight is 319 g/mol. The average Bonchev–Trinajstić information content (AvgIpc) is 2.98. The predicted molar refractivity (Wildman–Crippen MR) is 86.7 cm³/mol. The fourth-order valence-electron chi connectivity index (χ4n) is 2.49. The van der Waals surface area contributed by atoms with Crippen LogP contribution in [0.1, 0.15) is 16.5 Å². The lowest BCUT2D eigenvalue weighted by Gasteiger charge is -2.23. The monoisotopic (exact) mass is 319 g/mol. The van der Waals surface area contributed by atoms with Crippen LogP contribution in [0.25, 0.3) is 0 Å². The lowest BCUT2D eigenvalue weighted by atomic mass is 10.2. The minimum Gasteiger partial charge on any atom is -0.207 e. The van der Waals surface area contributed by atoms with Crippen LogP contribution in [0, 0.1) is 6.92 Å². The molecule has 0 aromatic heterocycles. The number of thioether (sulfide) groups is 1. The molecule has 3 nitrogen and oxygen atoms in total. The van der Waals surface area contributed by atoms with Gasteiger partial charge in [0.05, 0.1) is 10.3 Å². The summed E-state index contributed by atoms with van der Waals surface area (Å²) in [4.78, 5) is 0.380. The van der Waals surface area contributed by atoms with Gasteiger partial charge < -0.3 is 0 Å². The van der Waals surface area contributed by atoms with Crippen molar-refractivity contribution in [2.24, 2.45) is 0 Å². The summed E-state index contributed by atoms with van der Waals surface area (Å²) in [5, 5.41) is -0.128. The number of benzene rings is 2. The Morgan fingerprint density at radius 3 is 2.57 bits per heavy atom. The summed E-state index contributed by atoms with van der Waals surface area (Å²) in [7, 11) is -3.45. The van der Waals surface area contributed by atoms with Gasteiger partial charge in [0.25, 0.3) is 0 Å². The topological polar surface area (TPSA) is 37.4 Å². The fourth-order valence-corrected chi connectivity index (χ4v) is 5.84. The fraction of sp³-hybridized carbons (Fsp3) is 0.250. The first kappa shape index (κ1) is 14.6. The molecule has 3 rings (SSSR count). The molecule has 0 unspecified atom stereocenters. The summed E-state index contributed by atoms with van der Waals surface area (Å²) < 4.78 is 27.4. The molecule has 2 aromatic carbocycles. The third-order valence-electron chi connectivity index (χ3n) is 3.53. The second kappa shape index (κ2) is 5.83. The molecular formula is C16H17NO2S2. The van der Waals surface area contributed by atoms with Crippen LogP contribution in [-0.4, -0.2) is 25.0 Å². The zero-order valence-corrected chi connectivity index (χ0v) is 13.4. The summed E-state index contributed by atoms with van der Waals surface area (Å²) >= 11 is 1.68. The maximum atomic E-state index is 12.9. The molecule has 0 bridgehead atoms. The first-order valence-corrected chi connectivity index (χ1v) is 9.33. The van der Waals surface area contributed by atoms with Gasteiger partial charge in [-0.1, -0.05) is 42.5 Å². The minimum absolute atomic E-state index is 0.128. The van der Waals surface area contributed by atoms with Gasteiger partial charge in [0.2, 0.25) is 10.0 Å². The van der Waals surface area contributed by atoms with E-state index in [1.54, 1.807) is 34.3 Å². The van der Waals surface area contributed by atoms with E-state index in [-0.39, 0.29) is 5.37 Å². The van der Waals surface area contributed by atoms with E-state index in [0.717, 1.165) is 16.9 Å². The molecule has 1 saturated heterocycles. The molecule has 1 atom stereocenters. The molecule has 0 amide bonds. The van der Waals surface area contributed by atoms with Crippen molar-refractivity contribution < 1.29 is 8.42 Å². The van der Waals surface area contributed by atoms with Gasteiger partial charge in [-0.05, 0) is 30.2 Å². The molecule has 1 heterocycles. The standard InChI is InChI=1S/C16H17NO2S2/c1-13-6-5-9-15(12-13)21(18,19)17-10-11-20-16(17)14-7-3-2-4-8-14/h2-9,12,16H,10-11H2,1H3/t16-/m0/s1. The molecule has 0 saturated carbocycles. The van der Waals surface area contributed by atoms with Crippen LogP contribution < -0.4 is 0 Å². The van der Waals surface area contributed by atoms with Gasteiger partial charge in [0, 0.05) is 12.3 Å². The van der Waals surface area contributed by atoms with Crippen molar-refractivity contribution in [2.45, 2.75) is 17.2 Å². The van der Waals surface area contributed by atoms with E-state index >= 15 is 0 Å². The first-order chi connectivity index (χ1) is 10.1. The lowest BCUT2D eigenvalue weighted by molar-refractivity contribution is 0.434. The minimum atomic E-state index is -3.45. The Kier molecular flexibility index (Phi) is 4.06. The molecule has 1 aliphatic heterocycles. The summed E-state index contributed by atoms with van der Waals surface area (Å²) in [6, 6.07) is 16.9. The molecule has 1 aliphatic rings. The quantitative estimate of drug-likeness (QED) is 0.870. The Bertz CT molecular complexity index is 729. The number of hydrogen-bond donors (Lipinski definition) is 0. The van der Waals surface area contributed by atoms with Gasteiger partial charge in [-0.25, -0.2) is 8.42 Å². The normalized spacial score (nSPS) is 19.8. The van der Waals surface area contributed by atoms with E-state index < -0.39 is 10.0 Å². The highest BCUT2D eigenvalue weighted by Crippen LogP contribution is 2.41. The van der Waals surface area contributed by atoms with Crippen molar-refractivity contribution in [3.05, 3.63) is 65.7 Å². The second-order valence-electron chi connectivity index (χ2n) is 5.07. The van der Waals surface area contributed by atoms with E-state index in [1.807, 2.05) is 43.3 Å². The number of aryl methyl sites for hydroxylation is 1. The van der Waals surface area contributed by atoms with Crippen molar-refractivity contribution >= 4 is 21.8 Å². The van der Waals surface area contributed by atoms with E-state index in [1.165, 1.54) is 0 Å². The van der Waals surface area contributed by atoms with Crippen LogP contribution in [0.2, 0.25) is 0 Å². The van der Waals surface area contributed by atoms with Gasteiger partial charge >= 0.3 is 0 Å². The molecule has 5 heteroatoms. The summed E-state index contributed by atoms with van der Waals surface area (Å²) in [5.74, 6) is 0.824. The third kappa shape index (κ3) is 2.86. The largest absolute Gasteiger partial charge is 0.244 e. The van der Waals surface area contributed by atoms with Gasteiger partial charge in [-0.2, -0.15) is 4.31 Å². The Labute approximate surface area is 130 Å². The molecule has 0 radical (unpaired) electrons. The molecule has 2 aromatic rings. The Balaban J connectivity index is 1.98. The van der Waals surface area contributed by atoms with Gasteiger partial charge in [-0.3, -0.25) is 0 Å². The van der Waals surface area contributed by atoms with Crippen LogP contribution in [0.3, 0.4) is 0 Å². The number of hydrogen-bond acceptors (Lipinski definition) is 3. The van der Waals surface area contributed by atoms with Crippen LogP contribution in [0.5, 0.6) is 0 Å². The lowest BCUT2D eigenvalue weighted by Crippen LogP contribution is -2.30. The molecule has 21 heavy (non-hydrogen) atoms. The van der Waals surface area contributed by atoms with Crippen molar-refractivity contribution in [1.82, 2.24) is 4.31 Å². The van der Waals surface area contributed by atoms with E-state index in [0.29, 0.717) is 11.4 Å². The van der Waals surface area contributed by atoms with Gasteiger partial charge in [0.15, 0.2) is 0 Å². The van der Waals surface area contributed by atoms with Crippen LogP contribution in [-0.2, 0) is 10.0 Å². The van der Waals surface area contributed by atoms with Crippen LogP contribution >= 0.6 is 11.8 Å². The maximum absolute atomic E-state index is 12.9. The van der Waals surface area contributed by atoms with Crippen molar-refractivity contribution in [3.63, 3.8) is 0 Å². The molecule has 0 spiro atoms. The highest BCUT2D eigenvalue weighted by Gasteiger charge is 2.36. The highest BCUT2D eigenvalue weighted by molar-refractivity contribution is 8.01. The van der Waals surface area contributed by atoms with Crippen molar-refractivity contribution in [1.29, 1.82) is 0 Å². The summed E-state index contributed by atoms with van der Waals surface area (Å²) in [6.45, 7) is 2.47. The van der Waals surface area contributed by atoms with Crippen LogP contribution in [0.4, 0.5) is 0 Å². The van der Waals surface area contributed by atoms with Gasteiger partial charge in [-0.15, -0.1) is 11.8 Å². The smallest absolute Gasteiger partial charge is 0.207 e. The number of nitrogens with zero attached hydrogens (tertiary/aromatic N) is 1. The van der Waals surface area contributed by atoms with Crippen molar-refractivity contribution in [3.8, 4) is 0 Å². The molecule has 110 valence electrons. The van der Waals surface area contributed by atoms with E-state index in [4.69, 9.17) is 0 Å². The van der Waals surface area contributed by atoms with E-state index in [2.05, 4.69) is 0 Å². The molecule has 0 aliphatic carbocycles. The summed E-state index contributed by atoms with van der Waals surface area (Å²) in [5.41, 5.74) is 2.00. The first-order valence-electron chi connectivity index (χ1n) is 6.84. The summed E-state index contributed by atoms with van der Waals surface area (Å²) in [6.07, 6.45) is 0. The van der Waals surface area contributed by atoms with E-state index in [9.17, 15) is 8.42 Å². The SMILES string of the molecule is Cc1cccc(S(=O)(=O)N2CCS[C@H]2c2ccccc2)c1. The number of sulfonamides is 1. The Morgan fingerprint density at radius 1 is 1.10 bits per heavy atom. The van der Waals surface area contributed by atoms with Crippen LogP contribution in [0.15, 0.2) is 59.5 Å². The Hall–Kier alpha value is -1.30. The van der Waals surface area contributed by atoms with Crippen molar-refractivity contribution in [2.75, 3.05) is 12.3 Å². The zero-order chi connectivity index (χ0) is 14.9.